The van der Waals surface area contributed by atoms with Crippen molar-refractivity contribution in [2.75, 3.05) is 13.1 Å². The van der Waals surface area contributed by atoms with Crippen molar-refractivity contribution >= 4 is 11.3 Å². The zero-order chi connectivity index (χ0) is 11.8. The molecule has 1 unspecified atom stereocenters. The summed E-state index contributed by atoms with van der Waals surface area (Å²) in [6.07, 6.45) is 3.68. The van der Waals surface area contributed by atoms with Gasteiger partial charge in [0, 0.05) is 5.38 Å². The Morgan fingerprint density at radius 2 is 2.19 bits per heavy atom. The minimum atomic E-state index is 0.738. The Morgan fingerprint density at radius 3 is 2.75 bits per heavy atom. The number of rotatable bonds is 8. The molecule has 2 nitrogen and oxygen atoms in total. The summed E-state index contributed by atoms with van der Waals surface area (Å²) in [6, 6.07) is 0. The van der Waals surface area contributed by atoms with Crippen LogP contribution in [0.4, 0.5) is 0 Å². The minimum absolute atomic E-state index is 0.738. The van der Waals surface area contributed by atoms with Gasteiger partial charge >= 0.3 is 0 Å². The summed E-state index contributed by atoms with van der Waals surface area (Å²) < 4.78 is 0. The average molecular weight is 240 g/mol. The lowest BCUT2D eigenvalue weighted by Gasteiger charge is -2.16. The highest BCUT2D eigenvalue weighted by Gasteiger charge is 2.10. The van der Waals surface area contributed by atoms with E-state index in [1.165, 1.54) is 18.5 Å². The van der Waals surface area contributed by atoms with E-state index < -0.39 is 0 Å². The number of aromatic nitrogens is 1. The fourth-order valence-corrected chi connectivity index (χ4v) is 2.47. The predicted molar refractivity (Wildman–Crippen MR) is 71.9 cm³/mol. The number of thiazole rings is 1. The summed E-state index contributed by atoms with van der Waals surface area (Å²) in [5.41, 5.74) is 3.19. The Labute approximate surface area is 103 Å². The first-order valence-electron chi connectivity index (χ1n) is 6.30. The SMILES string of the molecule is CCCC(CNCC(C)C)Cc1cscn1. The molecule has 0 radical (unpaired) electrons. The maximum atomic E-state index is 4.37. The van der Waals surface area contributed by atoms with Crippen molar-refractivity contribution in [3.63, 3.8) is 0 Å². The maximum absolute atomic E-state index is 4.37. The summed E-state index contributed by atoms with van der Waals surface area (Å²) >= 11 is 1.70. The molecule has 0 fully saturated rings. The van der Waals surface area contributed by atoms with Crippen molar-refractivity contribution in [2.24, 2.45) is 11.8 Å². The number of hydrogen-bond donors (Lipinski definition) is 1. The van der Waals surface area contributed by atoms with Gasteiger partial charge in [0.05, 0.1) is 11.2 Å². The molecule has 1 rings (SSSR count). The molecule has 1 aromatic rings. The van der Waals surface area contributed by atoms with Crippen LogP contribution in [0, 0.1) is 11.8 Å². The maximum Gasteiger partial charge on any atom is 0.0794 e. The van der Waals surface area contributed by atoms with Crippen molar-refractivity contribution in [3.05, 3.63) is 16.6 Å². The Kier molecular flexibility index (Phi) is 6.65. The predicted octanol–water partition coefficient (Wildman–Crippen LogP) is 3.35. The van der Waals surface area contributed by atoms with Crippen LogP contribution >= 0.6 is 11.3 Å². The number of nitrogens with zero attached hydrogens (tertiary/aromatic N) is 1. The highest BCUT2D eigenvalue weighted by atomic mass is 32.1. The van der Waals surface area contributed by atoms with Crippen molar-refractivity contribution in [1.29, 1.82) is 0 Å². The first-order valence-corrected chi connectivity index (χ1v) is 7.24. The largest absolute Gasteiger partial charge is 0.316 e. The van der Waals surface area contributed by atoms with Gasteiger partial charge in [0.15, 0.2) is 0 Å². The molecule has 92 valence electrons. The molecule has 0 aliphatic rings. The Bertz CT molecular complexity index is 257. The van der Waals surface area contributed by atoms with Gasteiger partial charge in [0.1, 0.15) is 0 Å². The van der Waals surface area contributed by atoms with Gasteiger partial charge in [-0.25, -0.2) is 4.98 Å². The van der Waals surface area contributed by atoms with Gasteiger partial charge < -0.3 is 5.32 Å². The van der Waals surface area contributed by atoms with Crippen LogP contribution in [0.2, 0.25) is 0 Å². The molecule has 3 heteroatoms. The number of nitrogens with one attached hydrogen (secondary N) is 1. The molecule has 0 saturated heterocycles. The summed E-state index contributed by atoms with van der Waals surface area (Å²) in [5, 5.41) is 5.73. The Balaban J connectivity index is 2.29. The van der Waals surface area contributed by atoms with Crippen LogP contribution in [0.15, 0.2) is 10.9 Å². The highest BCUT2D eigenvalue weighted by molar-refractivity contribution is 7.07. The molecule has 0 aromatic carbocycles. The summed E-state index contributed by atoms with van der Waals surface area (Å²) in [6.45, 7) is 9.02. The average Bonchev–Trinajstić information content (AvgIpc) is 2.70. The second-order valence-corrected chi connectivity index (χ2v) is 5.61. The van der Waals surface area contributed by atoms with E-state index in [-0.39, 0.29) is 0 Å². The second kappa shape index (κ2) is 7.80. The molecule has 1 heterocycles. The van der Waals surface area contributed by atoms with E-state index in [2.05, 4.69) is 36.5 Å². The molecule has 0 bridgehead atoms. The molecule has 1 aromatic heterocycles. The normalized spacial score (nSPS) is 13.2. The van der Waals surface area contributed by atoms with E-state index in [9.17, 15) is 0 Å². The van der Waals surface area contributed by atoms with Gasteiger partial charge in [-0.3, -0.25) is 0 Å². The third-order valence-electron chi connectivity index (χ3n) is 2.66. The molecule has 16 heavy (non-hydrogen) atoms. The quantitative estimate of drug-likeness (QED) is 0.754. The van der Waals surface area contributed by atoms with E-state index in [0.29, 0.717) is 0 Å². The molecular formula is C13H24N2S. The molecule has 0 aliphatic carbocycles. The zero-order valence-corrected chi connectivity index (χ0v) is 11.5. The van der Waals surface area contributed by atoms with E-state index in [0.717, 1.165) is 31.3 Å². The summed E-state index contributed by atoms with van der Waals surface area (Å²) in [4.78, 5) is 4.37. The third-order valence-corrected chi connectivity index (χ3v) is 3.30. The van der Waals surface area contributed by atoms with Crippen molar-refractivity contribution in [2.45, 2.75) is 40.0 Å². The van der Waals surface area contributed by atoms with Crippen LogP contribution < -0.4 is 5.32 Å². The lowest BCUT2D eigenvalue weighted by atomic mass is 9.98. The first kappa shape index (κ1) is 13.7. The van der Waals surface area contributed by atoms with Crippen LogP contribution in [0.1, 0.15) is 39.3 Å². The molecular weight excluding hydrogens is 216 g/mol. The van der Waals surface area contributed by atoms with Crippen LogP contribution in [0.3, 0.4) is 0 Å². The van der Waals surface area contributed by atoms with E-state index in [1.54, 1.807) is 11.3 Å². The molecule has 1 atom stereocenters. The van der Waals surface area contributed by atoms with Gasteiger partial charge in [-0.1, -0.05) is 27.2 Å². The van der Waals surface area contributed by atoms with Gasteiger partial charge in [-0.15, -0.1) is 11.3 Å². The molecule has 1 N–H and O–H groups in total. The molecule has 0 aliphatic heterocycles. The summed E-state index contributed by atoms with van der Waals surface area (Å²) in [7, 11) is 0. The zero-order valence-electron chi connectivity index (χ0n) is 10.7. The van der Waals surface area contributed by atoms with Gasteiger partial charge in [-0.05, 0) is 37.8 Å². The fourth-order valence-electron chi connectivity index (χ4n) is 1.89. The fraction of sp³-hybridized carbons (Fsp3) is 0.769. The van der Waals surface area contributed by atoms with Crippen molar-refractivity contribution in [3.8, 4) is 0 Å². The monoisotopic (exact) mass is 240 g/mol. The van der Waals surface area contributed by atoms with Crippen molar-refractivity contribution in [1.82, 2.24) is 10.3 Å². The topological polar surface area (TPSA) is 24.9 Å². The minimum Gasteiger partial charge on any atom is -0.316 e. The van der Waals surface area contributed by atoms with E-state index in [4.69, 9.17) is 0 Å². The molecule has 0 saturated carbocycles. The number of hydrogen-bond acceptors (Lipinski definition) is 3. The van der Waals surface area contributed by atoms with Crippen LogP contribution in [-0.2, 0) is 6.42 Å². The Morgan fingerprint density at radius 1 is 1.38 bits per heavy atom. The lowest BCUT2D eigenvalue weighted by Crippen LogP contribution is -2.27. The van der Waals surface area contributed by atoms with Crippen LogP contribution in [-0.4, -0.2) is 18.1 Å². The lowest BCUT2D eigenvalue weighted by molar-refractivity contribution is 0.418. The first-order chi connectivity index (χ1) is 7.72. The Hall–Kier alpha value is -0.410. The molecule has 0 spiro atoms. The second-order valence-electron chi connectivity index (χ2n) is 4.89. The molecule has 0 amide bonds. The highest BCUT2D eigenvalue weighted by Crippen LogP contribution is 2.13. The van der Waals surface area contributed by atoms with E-state index >= 15 is 0 Å². The smallest absolute Gasteiger partial charge is 0.0794 e. The third kappa shape index (κ3) is 5.61. The van der Waals surface area contributed by atoms with Gasteiger partial charge in [-0.2, -0.15) is 0 Å². The summed E-state index contributed by atoms with van der Waals surface area (Å²) in [5.74, 6) is 1.48. The van der Waals surface area contributed by atoms with Crippen LogP contribution in [0.5, 0.6) is 0 Å². The standard InChI is InChI=1S/C13H24N2S/c1-4-5-12(8-14-7-11(2)3)6-13-9-16-10-15-13/h9-12,14H,4-8H2,1-3H3. The van der Waals surface area contributed by atoms with Gasteiger partial charge in [0.25, 0.3) is 0 Å². The van der Waals surface area contributed by atoms with Crippen LogP contribution in [0.25, 0.3) is 0 Å². The van der Waals surface area contributed by atoms with Crippen molar-refractivity contribution < 1.29 is 0 Å². The van der Waals surface area contributed by atoms with E-state index in [1.807, 2.05) is 5.51 Å². The van der Waals surface area contributed by atoms with Gasteiger partial charge in [0.2, 0.25) is 0 Å².